The lowest BCUT2D eigenvalue weighted by Gasteiger charge is -2.19. The average molecular weight is 289 g/mol. The predicted octanol–water partition coefficient (Wildman–Crippen LogP) is 0.372. The first kappa shape index (κ1) is 15.0. The molecule has 0 aromatic carbocycles. The van der Waals surface area contributed by atoms with Crippen LogP contribution in [-0.2, 0) is 16.1 Å². The van der Waals surface area contributed by atoms with Gasteiger partial charge in [-0.15, -0.1) is 0 Å². The van der Waals surface area contributed by atoms with E-state index in [9.17, 15) is 9.59 Å². The molecule has 0 saturated carbocycles. The molecule has 0 fully saturated rings. The maximum absolute atomic E-state index is 12.0. The molecule has 2 rings (SSSR count). The van der Waals surface area contributed by atoms with Gasteiger partial charge in [0.1, 0.15) is 11.5 Å². The number of hydrogen-bond donors (Lipinski definition) is 1. The minimum absolute atomic E-state index is 0.0729. The van der Waals surface area contributed by atoms with Crippen molar-refractivity contribution in [2.24, 2.45) is 5.10 Å². The number of amides is 2. The SMILES string of the molecule is CN1N=C(C(=O)NCc2ccnc(N(C)C)c2)CCC1=O. The van der Waals surface area contributed by atoms with E-state index in [1.54, 1.807) is 13.2 Å². The fraction of sp³-hybridized carbons (Fsp3) is 0.429. The molecule has 0 bridgehead atoms. The lowest BCUT2D eigenvalue weighted by atomic mass is 10.1. The molecule has 21 heavy (non-hydrogen) atoms. The first-order chi connectivity index (χ1) is 9.97. The van der Waals surface area contributed by atoms with Gasteiger partial charge in [0.05, 0.1) is 0 Å². The Morgan fingerprint density at radius 2 is 2.19 bits per heavy atom. The van der Waals surface area contributed by atoms with Crippen molar-refractivity contribution in [1.29, 1.82) is 0 Å². The first-order valence-corrected chi connectivity index (χ1v) is 6.72. The van der Waals surface area contributed by atoms with Crippen LogP contribution in [0, 0.1) is 0 Å². The van der Waals surface area contributed by atoms with Crippen molar-refractivity contribution in [3.8, 4) is 0 Å². The molecule has 7 nitrogen and oxygen atoms in total. The quantitative estimate of drug-likeness (QED) is 0.869. The number of carbonyl (C=O) groups is 2. The van der Waals surface area contributed by atoms with Crippen molar-refractivity contribution in [1.82, 2.24) is 15.3 Å². The molecule has 7 heteroatoms. The highest BCUT2D eigenvalue weighted by molar-refractivity contribution is 6.39. The number of nitrogens with zero attached hydrogens (tertiary/aromatic N) is 4. The predicted molar refractivity (Wildman–Crippen MR) is 79.8 cm³/mol. The van der Waals surface area contributed by atoms with Gasteiger partial charge in [0.15, 0.2) is 0 Å². The number of rotatable bonds is 4. The summed E-state index contributed by atoms with van der Waals surface area (Å²) in [4.78, 5) is 29.5. The largest absolute Gasteiger partial charge is 0.363 e. The summed E-state index contributed by atoms with van der Waals surface area (Å²) in [7, 11) is 5.38. The van der Waals surface area contributed by atoms with Crippen molar-refractivity contribution >= 4 is 23.3 Å². The molecule has 1 aromatic rings. The molecule has 0 aliphatic carbocycles. The van der Waals surface area contributed by atoms with E-state index >= 15 is 0 Å². The molecular weight excluding hydrogens is 270 g/mol. The van der Waals surface area contributed by atoms with Crippen LogP contribution in [0.5, 0.6) is 0 Å². The van der Waals surface area contributed by atoms with Crippen LogP contribution in [0.4, 0.5) is 5.82 Å². The van der Waals surface area contributed by atoms with Gasteiger partial charge >= 0.3 is 0 Å². The van der Waals surface area contributed by atoms with Crippen molar-refractivity contribution in [2.45, 2.75) is 19.4 Å². The first-order valence-electron chi connectivity index (χ1n) is 6.72. The van der Waals surface area contributed by atoms with Crippen LogP contribution >= 0.6 is 0 Å². The molecule has 112 valence electrons. The van der Waals surface area contributed by atoms with Crippen LogP contribution in [-0.4, -0.2) is 48.7 Å². The molecule has 0 saturated heterocycles. The Hall–Kier alpha value is -2.44. The Morgan fingerprint density at radius 1 is 1.43 bits per heavy atom. The number of carbonyl (C=O) groups excluding carboxylic acids is 2. The van der Waals surface area contributed by atoms with E-state index in [-0.39, 0.29) is 11.8 Å². The van der Waals surface area contributed by atoms with E-state index in [1.807, 2.05) is 31.1 Å². The molecule has 0 spiro atoms. The number of nitrogens with one attached hydrogen (secondary N) is 1. The van der Waals surface area contributed by atoms with Gasteiger partial charge < -0.3 is 10.2 Å². The third-order valence-electron chi connectivity index (χ3n) is 3.19. The molecule has 0 unspecified atom stereocenters. The van der Waals surface area contributed by atoms with Gasteiger partial charge in [0, 0.05) is 46.7 Å². The minimum atomic E-state index is -0.238. The smallest absolute Gasteiger partial charge is 0.267 e. The third kappa shape index (κ3) is 3.77. The van der Waals surface area contributed by atoms with Gasteiger partial charge in [-0.3, -0.25) is 9.59 Å². The summed E-state index contributed by atoms with van der Waals surface area (Å²) in [6.45, 7) is 0.402. The maximum Gasteiger partial charge on any atom is 0.267 e. The lowest BCUT2D eigenvalue weighted by Crippen LogP contribution is -2.37. The average Bonchev–Trinajstić information content (AvgIpc) is 2.48. The topological polar surface area (TPSA) is 77.9 Å². The summed E-state index contributed by atoms with van der Waals surface area (Å²) in [5, 5.41) is 8.02. The van der Waals surface area contributed by atoms with Gasteiger partial charge in [-0.25, -0.2) is 9.99 Å². The molecule has 0 radical (unpaired) electrons. The van der Waals surface area contributed by atoms with Crippen molar-refractivity contribution in [3.63, 3.8) is 0 Å². The van der Waals surface area contributed by atoms with Crippen molar-refractivity contribution < 1.29 is 9.59 Å². The summed E-state index contributed by atoms with van der Waals surface area (Å²) in [6, 6.07) is 3.77. The monoisotopic (exact) mass is 289 g/mol. The van der Waals surface area contributed by atoms with Crippen LogP contribution in [0.1, 0.15) is 18.4 Å². The normalized spacial score (nSPS) is 14.7. The van der Waals surface area contributed by atoms with E-state index in [0.717, 1.165) is 11.4 Å². The second-order valence-corrected chi connectivity index (χ2v) is 5.06. The van der Waals surface area contributed by atoms with E-state index in [0.29, 0.717) is 25.1 Å². The summed E-state index contributed by atoms with van der Waals surface area (Å²) < 4.78 is 0. The van der Waals surface area contributed by atoms with E-state index in [4.69, 9.17) is 0 Å². The zero-order valence-corrected chi connectivity index (χ0v) is 12.5. The number of pyridine rings is 1. The molecule has 0 atom stereocenters. The number of anilines is 1. The van der Waals surface area contributed by atoms with E-state index in [1.165, 1.54) is 5.01 Å². The summed E-state index contributed by atoms with van der Waals surface area (Å²) >= 11 is 0. The number of hydrazone groups is 1. The van der Waals surface area contributed by atoms with Crippen LogP contribution in [0.2, 0.25) is 0 Å². The van der Waals surface area contributed by atoms with Gasteiger partial charge in [-0.2, -0.15) is 5.10 Å². The lowest BCUT2D eigenvalue weighted by molar-refractivity contribution is -0.130. The molecule has 1 N–H and O–H groups in total. The van der Waals surface area contributed by atoms with Crippen LogP contribution < -0.4 is 10.2 Å². The second-order valence-electron chi connectivity index (χ2n) is 5.06. The van der Waals surface area contributed by atoms with E-state index in [2.05, 4.69) is 15.4 Å². The van der Waals surface area contributed by atoms with Gasteiger partial charge in [0.2, 0.25) is 5.91 Å². The Kier molecular flexibility index (Phi) is 4.52. The minimum Gasteiger partial charge on any atom is -0.363 e. The number of hydrogen-bond acceptors (Lipinski definition) is 5. The van der Waals surface area contributed by atoms with Crippen molar-refractivity contribution in [2.75, 3.05) is 26.0 Å². The molecule has 2 heterocycles. The zero-order chi connectivity index (χ0) is 15.4. The zero-order valence-electron chi connectivity index (χ0n) is 12.5. The van der Waals surface area contributed by atoms with Crippen LogP contribution in [0.25, 0.3) is 0 Å². The molecular formula is C14H19N5O2. The van der Waals surface area contributed by atoms with Gasteiger partial charge in [0.25, 0.3) is 5.91 Å². The fourth-order valence-corrected chi connectivity index (χ4v) is 1.93. The highest BCUT2D eigenvalue weighted by atomic mass is 16.2. The second kappa shape index (κ2) is 6.34. The Morgan fingerprint density at radius 3 is 2.86 bits per heavy atom. The van der Waals surface area contributed by atoms with Crippen LogP contribution in [0.3, 0.4) is 0 Å². The highest BCUT2D eigenvalue weighted by Gasteiger charge is 2.21. The van der Waals surface area contributed by atoms with Gasteiger partial charge in [-0.1, -0.05) is 0 Å². The molecule has 1 aliphatic heterocycles. The molecule has 2 amide bonds. The summed E-state index contributed by atoms with van der Waals surface area (Å²) in [5.41, 5.74) is 1.35. The van der Waals surface area contributed by atoms with Crippen LogP contribution in [0.15, 0.2) is 23.4 Å². The Bertz CT molecular complexity index is 582. The van der Waals surface area contributed by atoms with Gasteiger partial charge in [-0.05, 0) is 17.7 Å². The summed E-state index contributed by atoms with van der Waals surface area (Å²) in [5.74, 6) is 0.524. The van der Waals surface area contributed by atoms with E-state index < -0.39 is 0 Å². The highest BCUT2D eigenvalue weighted by Crippen LogP contribution is 2.10. The standard InChI is InChI=1S/C14H19N5O2/c1-18(2)12-8-10(6-7-15-12)9-16-14(21)11-4-5-13(20)19(3)17-11/h6-8H,4-5,9H2,1-3H3,(H,16,21). The number of aromatic nitrogens is 1. The van der Waals surface area contributed by atoms with Crippen molar-refractivity contribution in [3.05, 3.63) is 23.9 Å². The Balaban J connectivity index is 1.97. The summed E-state index contributed by atoms with van der Waals surface area (Å²) in [6.07, 6.45) is 2.42. The fourth-order valence-electron chi connectivity index (χ4n) is 1.93. The maximum atomic E-state index is 12.0. The molecule has 1 aromatic heterocycles. The Labute approximate surface area is 123 Å². The molecule has 1 aliphatic rings. The third-order valence-corrected chi connectivity index (χ3v) is 3.19.